The summed E-state index contributed by atoms with van der Waals surface area (Å²) >= 11 is 0. The summed E-state index contributed by atoms with van der Waals surface area (Å²) in [5, 5.41) is 9.81. The van der Waals surface area contributed by atoms with Crippen molar-refractivity contribution in [3.8, 4) is 0 Å². The van der Waals surface area contributed by atoms with Crippen molar-refractivity contribution in [2.45, 2.75) is 315 Å². The molecule has 0 saturated carbocycles. The molecule has 0 aromatic carbocycles. The molecule has 0 aliphatic rings. The van der Waals surface area contributed by atoms with Gasteiger partial charge in [0.1, 0.15) is 12.7 Å². The Labute approximate surface area is 430 Å². The fourth-order valence-electron chi connectivity index (χ4n) is 8.65. The maximum atomic E-state index is 12.9. The number of esters is 3. The average molecular weight is 1020 g/mol. The van der Waals surface area contributed by atoms with Crippen LogP contribution in [0.4, 0.5) is 0 Å². The molecule has 0 saturated heterocycles. The molecule has 2 N–H and O–H groups in total. The van der Waals surface area contributed by atoms with Gasteiger partial charge in [-0.15, -0.1) is 0 Å². The zero-order valence-electron chi connectivity index (χ0n) is 45.8. The molecule has 0 bridgehead atoms. The van der Waals surface area contributed by atoms with Crippen LogP contribution in [-0.4, -0.2) is 66.5 Å². The number of ether oxygens (including phenoxy) is 3. The molecule has 3 atom stereocenters. The number of hydrogen-bond donors (Lipinski definition) is 2. The lowest BCUT2D eigenvalue weighted by Crippen LogP contribution is -2.30. The van der Waals surface area contributed by atoms with E-state index in [0.29, 0.717) is 19.3 Å². The van der Waals surface area contributed by atoms with Crippen molar-refractivity contribution < 1.29 is 52.2 Å². The van der Waals surface area contributed by atoms with Gasteiger partial charge >= 0.3 is 25.7 Å². The zero-order valence-corrected chi connectivity index (χ0v) is 46.7. The molecular formula is C58H111O11P. The summed E-state index contributed by atoms with van der Waals surface area (Å²) < 4.78 is 39.5. The lowest BCUT2D eigenvalue weighted by Gasteiger charge is -2.21. The molecule has 414 valence electrons. The van der Waals surface area contributed by atoms with Gasteiger partial charge in [0.25, 0.3) is 0 Å². The maximum Gasteiger partial charge on any atom is 0.472 e. The molecule has 0 radical (unpaired) electrons. The number of unbranched alkanes of at least 4 members (excludes halogenated alkanes) is 37. The standard InChI is InChI=1S/C58H111O11P/c1-4-7-10-13-16-19-21-23-25-27-29-31-33-36-39-42-45-48-57(61)68-54(50-59)52-66-70(63,64)67-53-55(51-65-56(60)47-44-41-38-35-18-15-12-9-6-3)69-58(62)49-46-43-40-37-34-32-30-28-26-24-22-20-17-14-11-8-5-2/h24,26,54-55,59H,4-23,25,27-53H2,1-3H3,(H,63,64)/b26-24-. The molecule has 0 fully saturated rings. The molecule has 0 aliphatic heterocycles. The van der Waals surface area contributed by atoms with E-state index in [0.717, 1.165) is 64.2 Å². The van der Waals surface area contributed by atoms with Crippen LogP contribution in [0.1, 0.15) is 303 Å². The number of carbonyl (C=O) groups is 3. The minimum Gasteiger partial charge on any atom is -0.462 e. The van der Waals surface area contributed by atoms with Crippen molar-refractivity contribution in [1.29, 1.82) is 0 Å². The quantitative estimate of drug-likeness (QED) is 0.0197. The first-order chi connectivity index (χ1) is 34.2. The van der Waals surface area contributed by atoms with E-state index in [-0.39, 0.29) is 25.9 Å². The van der Waals surface area contributed by atoms with Gasteiger partial charge in [0.2, 0.25) is 0 Å². The van der Waals surface area contributed by atoms with Gasteiger partial charge in [0.15, 0.2) is 6.10 Å². The molecule has 11 nitrogen and oxygen atoms in total. The summed E-state index contributed by atoms with van der Waals surface area (Å²) in [5.41, 5.74) is 0. The van der Waals surface area contributed by atoms with Gasteiger partial charge in [-0.25, -0.2) is 4.57 Å². The highest BCUT2D eigenvalue weighted by atomic mass is 31.2. The smallest absolute Gasteiger partial charge is 0.462 e. The zero-order chi connectivity index (χ0) is 51.3. The predicted octanol–water partition coefficient (Wildman–Crippen LogP) is 17.3. The summed E-state index contributed by atoms with van der Waals surface area (Å²) in [5.74, 6) is -1.44. The average Bonchev–Trinajstić information content (AvgIpc) is 3.35. The van der Waals surface area contributed by atoms with Crippen molar-refractivity contribution >= 4 is 25.7 Å². The van der Waals surface area contributed by atoms with Crippen molar-refractivity contribution in [1.82, 2.24) is 0 Å². The second-order valence-corrected chi connectivity index (χ2v) is 21.6. The number of hydrogen-bond acceptors (Lipinski definition) is 10. The van der Waals surface area contributed by atoms with Crippen molar-refractivity contribution in [3.63, 3.8) is 0 Å². The molecule has 12 heteroatoms. The van der Waals surface area contributed by atoms with E-state index < -0.39 is 57.8 Å². The Morgan fingerprint density at radius 2 is 0.657 bits per heavy atom. The second-order valence-electron chi connectivity index (χ2n) is 20.2. The summed E-state index contributed by atoms with van der Waals surface area (Å²) in [7, 11) is -4.74. The lowest BCUT2D eigenvalue weighted by atomic mass is 10.0. The van der Waals surface area contributed by atoms with Crippen LogP contribution in [0.2, 0.25) is 0 Å². The van der Waals surface area contributed by atoms with Crippen molar-refractivity contribution in [2.24, 2.45) is 0 Å². The largest absolute Gasteiger partial charge is 0.472 e. The van der Waals surface area contributed by atoms with Crippen LogP contribution in [0.5, 0.6) is 0 Å². The molecule has 3 unspecified atom stereocenters. The van der Waals surface area contributed by atoms with E-state index in [4.69, 9.17) is 23.3 Å². The van der Waals surface area contributed by atoms with Gasteiger partial charge in [-0.2, -0.15) is 0 Å². The topological polar surface area (TPSA) is 155 Å². The first-order valence-electron chi connectivity index (χ1n) is 29.6. The fourth-order valence-corrected chi connectivity index (χ4v) is 9.43. The van der Waals surface area contributed by atoms with Crippen LogP contribution in [0, 0.1) is 0 Å². The Bertz CT molecular complexity index is 1230. The number of carbonyl (C=O) groups excluding carboxylic acids is 3. The number of aliphatic hydroxyl groups excluding tert-OH is 1. The minimum atomic E-state index is -4.74. The lowest BCUT2D eigenvalue weighted by molar-refractivity contribution is -0.161. The van der Waals surface area contributed by atoms with Crippen LogP contribution in [0.3, 0.4) is 0 Å². The summed E-state index contributed by atoms with van der Waals surface area (Å²) in [4.78, 5) is 48.4. The van der Waals surface area contributed by atoms with E-state index in [2.05, 4.69) is 32.9 Å². The molecule has 70 heavy (non-hydrogen) atoms. The number of allylic oxidation sites excluding steroid dienone is 2. The fraction of sp³-hybridized carbons (Fsp3) is 0.914. The Balaban J connectivity index is 4.57. The molecular weight excluding hydrogens is 904 g/mol. The SMILES string of the molecule is CCCCCCCC/C=C\CCCCCCCCCC(=O)OC(COC(=O)CCCCCCCCCCC)COP(=O)(O)OCC(CO)OC(=O)CCCCCCCCCCCCCCCCCCC. The van der Waals surface area contributed by atoms with Gasteiger partial charge in [-0.05, 0) is 44.9 Å². The van der Waals surface area contributed by atoms with Gasteiger partial charge in [-0.1, -0.05) is 251 Å². The Morgan fingerprint density at radius 1 is 0.386 bits per heavy atom. The van der Waals surface area contributed by atoms with E-state index >= 15 is 0 Å². The first kappa shape index (κ1) is 68.2. The van der Waals surface area contributed by atoms with Crippen molar-refractivity contribution in [3.05, 3.63) is 12.2 Å². The normalized spacial score (nSPS) is 13.4. The van der Waals surface area contributed by atoms with Crippen LogP contribution in [0.25, 0.3) is 0 Å². The molecule has 0 rings (SSSR count). The molecule has 0 aromatic heterocycles. The highest BCUT2D eigenvalue weighted by Crippen LogP contribution is 2.43. The molecule has 0 aromatic rings. The second kappa shape index (κ2) is 53.5. The molecule has 0 aliphatic carbocycles. The number of aliphatic hydroxyl groups is 1. The third kappa shape index (κ3) is 51.1. The van der Waals surface area contributed by atoms with Crippen LogP contribution >= 0.6 is 7.82 Å². The Kier molecular flexibility index (Phi) is 52.1. The predicted molar refractivity (Wildman–Crippen MR) is 289 cm³/mol. The van der Waals surface area contributed by atoms with Gasteiger partial charge < -0.3 is 24.2 Å². The van der Waals surface area contributed by atoms with Crippen LogP contribution < -0.4 is 0 Å². The summed E-state index contributed by atoms with van der Waals surface area (Å²) in [6.45, 7) is 4.67. The highest BCUT2D eigenvalue weighted by molar-refractivity contribution is 7.47. The molecule has 0 amide bonds. The van der Waals surface area contributed by atoms with Crippen LogP contribution in [-0.2, 0) is 42.2 Å². The maximum absolute atomic E-state index is 12.9. The molecule has 0 heterocycles. The third-order valence-electron chi connectivity index (χ3n) is 13.2. The van der Waals surface area contributed by atoms with Gasteiger partial charge in [0.05, 0.1) is 19.8 Å². The molecule has 0 spiro atoms. The summed E-state index contributed by atoms with van der Waals surface area (Å²) in [6, 6.07) is 0. The van der Waals surface area contributed by atoms with Crippen LogP contribution in [0.15, 0.2) is 12.2 Å². The monoisotopic (exact) mass is 1010 g/mol. The minimum absolute atomic E-state index is 0.169. The Morgan fingerprint density at radius 3 is 0.986 bits per heavy atom. The van der Waals surface area contributed by atoms with E-state index in [1.165, 1.54) is 180 Å². The third-order valence-corrected chi connectivity index (χ3v) is 14.1. The summed E-state index contributed by atoms with van der Waals surface area (Å²) in [6.07, 6.45) is 51.8. The number of rotatable bonds is 56. The first-order valence-corrected chi connectivity index (χ1v) is 31.1. The van der Waals surface area contributed by atoms with Crippen molar-refractivity contribution in [2.75, 3.05) is 26.4 Å². The van der Waals surface area contributed by atoms with E-state index in [9.17, 15) is 28.9 Å². The highest BCUT2D eigenvalue weighted by Gasteiger charge is 2.28. The van der Waals surface area contributed by atoms with E-state index in [1.54, 1.807) is 0 Å². The Hall–Kier alpha value is -1.78. The van der Waals surface area contributed by atoms with Gasteiger partial charge in [0, 0.05) is 19.3 Å². The van der Waals surface area contributed by atoms with E-state index in [1.807, 2.05) is 0 Å². The number of phosphoric ester groups is 1. The number of phosphoric acid groups is 1. The van der Waals surface area contributed by atoms with Gasteiger partial charge in [-0.3, -0.25) is 23.4 Å².